The molecule has 1 aromatic heterocycles. The molecule has 0 saturated carbocycles. The van der Waals surface area contributed by atoms with Crippen LogP contribution in [0.5, 0.6) is 5.75 Å². The first-order valence-electron chi connectivity index (χ1n) is 5.48. The van der Waals surface area contributed by atoms with Gasteiger partial charge in [0.25, 0.3) is 0 Å². The number of nitrogens with zero attached hydrogens (tertiary/aromatic N) is 1. The maximum atomic E-state index is 5.24. The number of hydrogen-bond acceptors (Lipinski definition) is 2. The van der Waals surface area contributed by atoms with Crippen molar-refractivity contribution in [1.29, 1.82) is 0 Å². The zero-order valence-corrected chi connectivity index (χ0v) is 10.2. The second kappa shape index (κ2) is 4.18. The Kier molecular flexibility index (Phi) is 2.88. The molecule has 3 heteroatoms. The molecule has 86 valence electrons. The van der Waals surface area contributed by atoms with Gasteiger partial charge in [-0.25, -0.2) is 0 Å². The highest BCUT2D eigenvalue weighted by Gasteiger charge is 2.11. The van der Waals surface area contributed by atoms with E-state index in [0.717, 1.165) is 5.75 Å². The molecule has 1 atom stereocenters. The minimum Gasteiger partial charge on any atom is -0.497 e. The highest BCUT2D eigenvalue weighted by Crippen LogP contribution is 2.26. The molecule has 0 aliphatic heterocycles. The minimum atomic E-state index is 0.350. The number of rotatable bonds is 3. The van der Waals surface area contributed by atoms with Crippen LogP contribution in [0.2, 0.25) is 0 Å². The van der Waals surface area contributed by atoms with Crippen LogP contribution in [0.3, 0.4) is 0 Å². The van der Waals surface area contributed by atoms with Gasteiger partial charge in [0.05, 0.1) is 12.6 Å². The van der Waals surface area contributed by atoms with Gasteiger partial charge in [-0.1, -0.05) is 0 Å². The molecule has 0 aliphatic carbocycles. The Morgan fingerprint density at radius 3 is 2.69 bits per heavy atom. The number of ether oxygens (including phenoxy) is 1. The van der Waals surface area contributed by atoms with E-state index >= 15 is 0 Å². The van der Waals surface area contributed by atoms with E-state index in [1.807, 2.05) is 13.1 Å². The molecule has 1 N–H and O–H groups in total. The number of nitrogens with one attached hydrogen (secondary N) is 1. The Hall–Kier alpha value is -1.48. The molecular formula is C13H18N2O. The number of methoxy groups -OCH3 is 1. The van der Waals surface area contributed by atoms with Gasteiger partial charge < -0.3 is 14.6 Å². The second-order valence-corrected chi connectivity index (χ2v) is 4.06. The maximum Gasteiger partial charge on any atom is 0.120 e. The summed E-state index contributed by atoms with van der Waals surface area (Å²) in [5, 5.41) is 4.51. The first-order chi connectivity index (χ1) is 7.67. The summed E-state index contributed by atoms with van der Waals surface area (Å²) in [6.45, 7) is 2.16. The molecular weight excluding hydrogens is 200 g/mol. The summed E-state index contributed by atoms with van der Waals surface area (Å²) in [4.78, 5) is 0. The summed E-state index contributed by atoms with van der Waals surface area (Å²) in [6.07, 6.45) is 0. The molecule has 0 saturated heterocycles. The fourth-order valence-electron chi connectivity index (χ4n) is 2.02. The topological polar surface area (TPSA) is 26.2 Å². The van der Waals surface area contributed by atoms with E-state index in [2.05, 4.69) is 42.1 Å². The lowest BCUT2D eigenvalue weighted by atomic mass is 10.2. The molecule has 1 heterocycles. The molecule has 16 heavy (non-hydrogen) atoms. The molecule has 3 nitrogen and oxygen atoms in total. The smallest absolute Gasteiger partial charge is 0.120 e. The zero-order chi connectivity index (χ0) is 11.7. The lowest BCUT2D eigenvalue weighted by molar-refractivity contribution is 0.415. The van der Waals surface area contributed by atoms with Crippen molar-refractivity contribution in [3.05, 3.63) is 30.0 Å². The molecule has 0 spiro atoms. The fourth-order valence-corrected chi connectivity index (χ4v) is 2.02. The van der Waals surface area contributed by atoms with E-state index < -0.39 is 0 Å². The number of aromatic nitrogens is 1. The van der Waals surface area contributed by atoms with E-state index in [1.165, 1.54) is 16.6 Å². The SMILES string of the molecule is CNC(C)c1cc2ccc(OC)cc2n1C. The number of aryl methyl sites for hydroxylation is 1. The van der Waals surface area contributed by atoms with Crippen LogP contribution < -0.4 is 10.1 Å². The van der Waals surface area contributed by atoms with Crippen LogP contribution in [0, 0.1) is 0 Å². The molecule has 0 fully saturated rings. The van der Waals surface area contributed by atoms with Crippen molar-refractivity contribution in [3.8, 4) is 5.75 Å². The summed E-state index contributed by atoms with van der Waals surface area (Å²) in [5.74, 6) is 0.900. The molecule has 0 amide bonds. The van der Waals surface area contributed by atoms with Crippen LogP contribution in [-0.2, 0) is 7.05 Å². The summed E-state index contributed by atoms with van der Waals surface area (Å²) in [6, 6.07) is 8.73. The van der Waals surface area contributed by atoms with Crippen LogP contribution >= 0.6 is 0 Å². The predicted octanol–water partition coefficient (Wildman–Crippen LogP) is 2.47. The van der Waals surface area contributed by atoms with Gasteiger partial charge in [-0.15, -0.1) is 0 Å². The van der Waals surface area contributed by atoms with Crippen LogP contribution in [0.4, 0.5) is 0 Å². The predicted molar refractivity (Wildman–Crippen MR) is 66.9 cm³/mol. The van der Waals surface area contributed by atoms with Gasteiger partial charge in [-0.3, -0.25) is 0 Å². The van der Waals surface area contributed by atoms with Gasteiger partial charge in [0.2, 0.25) is 0 Å². The highest BCUT2D eigenvalue weighted by molar-refractivity contribution is 5.82. The van der Waals surface area contributed by atoms with Gasteiger partial charge in [0.1, 0.15) is 5.75 Å². The van der Waals surface area contributed by atoms with Crippen molar-refractivity contribution in [3.63, 3.8) is 0 Å². The number of fused-ring (bicyclic) bond motifs is 1. The largest absolute Gasteiger partial charge is 0.497 e. The van der Waals surface area contributed by atoms with Gasteiger partial charge in [0.15, 0.2) is 0 Å². The summed E-state index contributed by atoms with van der Waals surface area (Å²) in [7, 11) is 5.76. The standard InChI is InChI=1S/C13H18N2O/c1-9(14-2)12-7-10-5-6-11(16-4)8-13(10)15(12)3/h5-9,14H,1-4H3. The lowest BCUT2D eigenvalue weighted by Crippen LogP contribution is -2.15. The van der Waals surface area contributed by atoms with Crippen LogP contribution in [0.25, 0.3) is 10.9 Å². The second-order valence-electron chi connectivity index (χ2n) is 4.06. The molecule has 1 unspecified atom stereocenters. The third-order valence-electron chi connectivity index (χ3n) is 3.17. The average molecular weight is 218 g/mol. The lowest BCUT2D eigenvalue weighted by Gasteiger charge is -2.11. The van der Waals surface area contributed by atoms with Crippen molar-refractivity contribution < 1.29 is 4.74 Å². The minimum absolute atomic E-state index is 0.350. The van der Waals surface area contributed by atoms with Gasteiger partial charge in [-0.05, 0) is 32.2 Å². The summed E-state index contributed by atoms with van der Waals surface area (Å²) < 4.78 is 7.45. The van der Waals surface area contributed by atoms with E-state index in [0.29, 0.717) is 6.04 Å². The Labute approximate surface area is 96.0 Å². The molecule has 0 bridgehead atoms. The first-order valence-corrected chi connectivity index (χ1v) is 5.48. The van der Waals surface area contributed by atoms with Crippen LogP contribution in [0.15, 0.2) is 24.3 Å². The Bertz CT molecular complexity index is 502. The van der Waals surface area contributed by atoms with E-state index in [-0.39, 0.29) is 0 Å². The fraction of sp³-hybridized carbons (Fsp3) is 0.385. The molecule has 2 aromatic rings. The quantitative estimate of drug-likeness (QED) is 0.856. The van der Waals surface area contributed by atoms with E-state index in [1.54, 1.807) is 7.11 Å². The van der Waals surface area contributed by atoms with Gasteiger partial charge in [-0.2, -0.15) is 0 Å². The van der Waals surface area contributed by atoms with E-state index in [4.69, 9.17) is 4.74 Å². The number of hydrogen-bond donors (Lipinski definition) is 1. The molecule has 1 aromatic carbocycles. The summed E-state index contributed by atoms with van der Waals surface area (Å²) in [5.41, 5.74) is 2.49. The molecule has 2 rings (SSSR count). The molecule has 0 radical (unpaired) electrons. The average Bonchev–Trinajstić information content (AvgIpc) is 2.65. The molecule has 0 aliphatic rings. The maximum absolute atomic E-state index is 5.24. The van der Waals surface area contributed by atoms with Crippen molar-refractivity contribution in [2.24, 2.45) is 7.05 Å². The number of benzene rings is 1. The Morgan fingerprint density at radius 2 is 2.06 bits per heavy atom. The van der Waals surface area contributed by atoms with Crippen LogP contribution in [-0.4, -0.2) is 18.7 Å². The van der Waals surface area contributed by atoms with Crippen molar-refractivity contribution in [1.82, 2.24) is 9.88 Å². The van der Waals surface area contributed by atoms with Crippen LogP contribution in [0.1, 0.15) is 18.7 Å². The third kappa shape index (κ3) is 1.67. The Balaban J connectivity index is 2.59. The summed E-state index contributed by atoms with van der Waals surface area (Å²) >= 11 is 0. The van der Waals surface area contributed by atoms with Gasteiger partial charge in [0, 0.05) is 30.2 Å². The zero-order valence-electron chi connectivity index (χ0n) is 10.2. The van der Waals surface area contributed by atoms with Crippen molar-refractivity contribution in [2.45, 2.75) is 13.0 Å². The first kappa shape index (κ1) is 11.0. The monoisotopic (exact) mass is 218 g/mol. The normalized spacial score (nSPS) is 13.0. The van der Waals surface area contributed by atoms with Crippen molar-refractivity contribution in [2.75, 3.05) is 14.2 Å². The van der Waals surface area contributed by atoms with E-state index in [9.17, 15) is 0 Å². The third-order valence-corrected chi connectivity index (χ3v) is 3.17. The van der Waals surface area contributed by atoms with Crippen molar-refractivity contribution >= 4 is 10.9 Å². The van der Waals surface area contributed by atoms with Gasteiger partial charge >= 0.3 is 0 Å². The highest BCUT2D eigenvalue weighted by atomic mass is 16.5. The Morgan fingerprint density at radius 1 is 1.31 bits per heavy atom.